The van der Waals surface area contributed by atoms with Crippen molar-refractivity contribution in [2.24, 2.45) is 5.92 Å². The number of urea groups is 1. The number of hydrogen-bond donors (Lipinski definition) is 3. The lowest BCUT2D eigenvalue weighted by atomic mass is 9.85. The van der Waals surface area contributed by atoms with Crippen LogP contribution in [0.1, 0.15) is 31.2 Å². The van der Waals surface area contributed by atoms with E-state index in [1.165, 1.54) is 12.8 Å². The molecule has 2 aliphatic carbocycles. The van der Waals surface area contributed by atoms with Gasteiger partial charge in [0.2, 0.25) is 0 Å². The maximum atomic E-state index is 12.0. The molecule has 0 heterocycles. The van der Waals surface area contributed by atoms with Gasteiger partial charge in [-0.3, -0.25) is 9.69 Å². The normalized spacial score (nSPS) is 22.8. The molecule has 0 unspecified atom stereocenters. The van der Waals surface area contributed by atoms with E-state index in [9.17, 15) is 9.59 Å². The van der Waals surface area contributed by atoms with Crippen LogP contribution >= 0.6 is 0 Å². The summed E-state index contributed by atoms with van der Waals surface area (Å²) in [5.41, 5.74) is 1.88. The number of carbonyl (C=O) groups excluding carboxylic acids is 1. The number of hydrogen-bond acceptors (Lipinski definition) is 3. The largest absolute Gasteiger partial charge is 0.480 e. The fraction of sp³-hybridized carbons (Fsp3) is 0.556. The Hall–Kier alpha value is -2.08. The number of rotatable bonds is 7. The molecular weight excluding hydrogens is 306 g/mol. The fourth-order valence-electron chi connectivity index (χ4n) is 3.23. The van der Waals surface area contributed by atoms with Crippen molar-refractivity contribution in [3.8, 4) is 0 Å². The Morgan fingerprint density at radius 1 is 1.29 bits per heavy atom. The van der Waals surface area contributed by atoms with Crippen molar-refractivity contribution in [2.45, 2.75) is 44.7 Å². The van der Waals surface area contributed by atoms with E-state index >= 15 is 0 Å². The zero-order chi connectivity index (χ0) is 17.1. The lowest BCUT2D eigenvalue weighted by Crippen LogP contribution is -2.55. The van der Waals surface area contributed by atoms with E-state index in [1.807, 2.05) is 31.2 Å². The molecule has 0 radical (unpaired) electrons. The van der Waals surface area contributed by atoms with Crippen molar-refractivity contribution >= 4 is 17.7 Å². The third kappa shape index (κ3) is 4.71. The van der Waals surface area contributed by atoms with Crippen molar-refractivity contribution in [3.63, 3.8) is 0 Å². The summed E-state index contributed by atoms with van der Waals surface area (Å²) in [7, 11) is 0. The van der Waals surface area contributed by atoms with Crippen molar-refractivity contribution in [2.75, 3.05) is 18.4 Å². The topological polar surface area (TPSA) is 81.7 Å². The maximum Gasteiger partial charge on any atom is 0.319 e. The molecule has 0 aromatic heterocycles. The Kier molecular flexibility index (Phi) is 5.04. The standard InChI is InChI=1S/C18H25N3O3/c1-12-3-2-4-14(7-12)19-18(24)20-15-8-16(9-15)21(11-17(22)23)10-13-5-6-13/h2-4,7,13,15-16H,5-6,8-11H2,1H3,(H,22,23)(H2,19,20,24). The van der Waals surface area contributed by atoms with Crippen LogP contribution in [0.3, 0.4) is 0 Å². The van der Waals surface area contributed by atoms with Crippen molar-refractivity contribution in [1.29, 1.82) is 0 Å². The lowest BCUT2D eigenvalue weighted by molar-refractivity contribution is -0.139. The highest BCUT2D eigenvalue weighted by molar-refractivity contribution is 5.89. The van der Waals surface area contributed by atoms with E-state index in [0.717, 1.165) is 30.6 Å². The second kappa shape index (κ2) is 7.21. The first-order valence-electron chi connectivity index (χ1n) is 8.59. The molecule has 6 heteroatoms. The SMILES string of the molecule is Cc1cccc(NC(=O)NC2CC(N(CC(=O)O)CC3CC3)C2)c1. The first-order valence-corrected chi connectivity index (χ1v) is 8.59. The molecule has 24 heavy (non-hydrogen) atoms. The van der Waals surface area contributed by atoms with Crippen molar-refractivity contribution in [1.82, 2.24) is 10.2 Å². The predicted octanol–water partition coefficient (Wildman–Crippen LogP) is 2.44. The summed E-state index contributed by atoms with van der Waals surface area (Å²) in [4.78, 5) is 25.1. The number of nitrogens with zero attached hydrogens (tertiary/aromatic N) is 1. The van der Waals surface area contributed by atoms with Crippen LogP contribution in [-0.2, 0) is 4.79 Å². The molecule has 2 fully saturated rings. The monoisotopic (exact) mass is 331 g/mol. The van der Waals surface area contributed by atoms with Crippen molar-refractivity contribution < 1.29 is 14.7 Å². The summed E-state index contributed by atoms with van der Waals surface area (Å²) >= 11 is 0. The van der Waals surface area contributed by atoms with Crippen LogP contribution in [0.5, 0.6) is 0 Å². The van der Waals surface area contributed by atoms with E-state index < -0.39 is 5.97 Å². The van der Waals surface area contributed by atoms with Gasteiger partial charge in [0.25, 0.3) is 0 Å². The number of benzene rings is 1. The van der Waals surface area contributed by atoms with Gasteiger partial charge in [0.15, 0.2) is 0 Å². The van der Waals surface area contributed by atoms with Crippen molar-refractivity contribution in [3.05, 3.63) is 29.8 Å². The zero-order valence-corrected chi connectivity index (χ0v) is 14.0. The van der Waals surface area contributed by atoms with E-state index in [-0.39, 0.29) is 24.7 Å². The van der Waals surface area contributed by atoms with Gasteiger partial charge in [-0.25, -0.2) is 4.79 Å². The van der Waals surface area contributed by atoms with Crippen LogP contribution in [0.2, 0.25) is 0 Å². The summed E-state index contributed by atoms with van der Waals surface area (Å²) in [6.45, 7) is 2.96. The minimum absolute atomic E-state index is 0.101. The average Bonchev–Trinajstić information content (AvgIpc) is 3.25. The molecule has 3 rings (SSSR count). The minimum atomic E-state index is -0.774. The Labute approximate surface area is 142 Å². The molecule has 0 aliphatic heterocycles. The van der Waals surface area contributed by atoms with E-state index in [1.54, 1.807) is 0 Å². The summed E-state index contributed by atoms with van der Waals surface area (Å²) in [6, 6.07) is 7.87. The number of carboxylic acid groups (broad SMARTS) is 1. The van der Waals surface area contributed by atoms with E-state index in [0.29, 0.717) is 5.92 Å². The van der Waals surface area contributed by atoms with Gasteiger partial charge >= 0.3 is 12.0 Å². The van der Waals surface area contributed by atoms with Crippen LogP contribution in [0.25, 0.3) is 0 Å². The van der Waals surface area contributed by atoms with Crippen LogP contribution in [-0.4, -0.2) is 47.2 Å². The Bertz CT molecular complexity index is 609. The molecule has 6 nitrogen and oxygen atoms in total. The molecule has 0 atom stereocenters. The Morgan fingerprint density at radius 3 is 2.67 bits per heavy atom. The molecule has 1 aromatic rings. The van der Waals surface area contributed by atoms with Gasteiger partial charge in [-0.15, -0.1) is 0 Å². The van der Waals surface area contributed by atoms with E-state index in [2.05, 4.69) is 15.5 Å². The molecule has 2 aliphatic rings. The van der Waals surface area contributed by atoms with Gasteiger partial charge in [-0.05, 0) is 56.2 Å². The zero-order valence-electron chi connectivity index (χ0n) is 14.0. The number of aliphatic carboxylic acids is 1. The van der Waals surface area contributed by atoms with Gasteiger partial charge < -0.3 is 15.7 Å². The summed E-state index contributed by atoms with van der Waals surface area (Å²) < 4.78 is 0. The second-order valence-corrected chi connectivity index (χ2v) is 7.06. The van der Waals surface area contributed by atoms with Crippen LogP contribution < -0.4 is 10.6 Å². The number of amides is 2. The second-order valence-electron chi connectivity index (χ2n) is 7.06. The Balaban J connectivity index is 1.43. The molecule has 2 saturated carbocycles. The number of aryl methyl sites for hydroxylation is 1. The smallest absolute Gasteiger partial charge is 0.319 e. The summed E-state index contributed by atoms with van der Waals surface area (Å²) in [5.74, 6) is -0.106. The lowest BCUT2D eigenvalue weighted by Gasteiger charge is -2.42. The third-order valence-corrected chi connectivity index (χ3v) is 4.77. The highest BCUT2D eigenvalue weighted by Gasteiger charge is 2.37. The predicted molar refractivity (Wildman–Crippen MR) is 92.1 cm³/mol. The molecule has 2 amide bonds. The Morgan fingerprint density at radius 2 is 2.04 bits per heavy atom. The molecule has 130 valence electrons. The number of anilines is 1. The first-order chi connectivity index (χ1) is 11.5. The van der Waals surface area contributed by atoms with Crippen LogP contribution in [0, 0.1) is 12.8 Å². The van der Waals surface area contributed by atoms with Crippen LogP contribution in [0.4, 0.5) is 10.5 Å². The summed E-state index contributed by atoms with van der Waals surface area (Å²) in [6.07, 6.45) is 4.06. The third-order valence-electron chi connectivity index (χ3n) is 4.77. The number of carboxylic acids is 1. The molecule has 0 saturated heterocycles. The highest BCUT2D eigenvalue weighted by Crippen LogP contribution is 2.33. The summed E-state index contributed by atoms with van der Waals surface area (Å²) in [5, 5.41) is 14.9. The number of nitrogens with one attached hydrogen (secondary N) is 2. The fourth-order valence-corrected chi connectivity index (χ4v) is 3.23. The highest BCUT2D eigenvalue weighted by atomic mass is 16.4. The molecule has 3 N–H and O–H groups in total. The quantitative estimate of drug-likeness (QED) is 0.717. The minimum Gasteiger partial charge on any atom is -0.480 e. The van der Waals surface area contributed by atoms with Gasteiger partial charge in [0.05, 0.1) is 6.54 Å². The van der Waals surface area contributed by atoms with Crippen LogP contribution in [0.15, 0.2) is 24.3 Å². The average molecular weight is 331 g/mol. The molecule has 0 bridgehead atoms. The number of carbonyl (C=O) groups is 2. The maximum absolute atomic E-state index is 12.0. The first kappa shape index (κ1) is 16.8. The van der Waals surface area contributed by atoms with Gasteiger partial charge in [0.1, 0.15) is 0 Å². The van der Waals surface area contributed by atoms with E-state index in [4.69, 9.17) is 5.11 Å². The molecule has 1 aromatic carbocycles. The van der Waals surface area contributed by atoms with Gasteiger partial charge in [0, 0.05) is 24.3 Å². The molecular formula is C18H25N3O3. The van der Waals surface area contributed by atoms with Gasteiger partial charge in [-0.2, -0.15) is 0 Å². The van der Waals surface area contributed by atoms with Gasteiger partial charge in [-0.1, -0.05) is 12.1 Å². The molecule has 0 spiro atoms.